The Morgan fingerprint density at radius 1 is 1.26 bits per heavy atom. The van der Waals surface area contributed by atoms with Crippen LogP contribution < -0.4 is 11.1 Å². The first-order valence-electron chi connectivity index (χ1n) is 9.36. The smallest absolute Gasteiger partial charge is 0.338 e. The molecule has 0 radical (unpaired) electrons. The van der Waals surface area contributed by atoms with E-state index in [-0.39, 0.29) is 11.6 Å². The average Bonchev–Trinajstić information content (AvgIpc) is 3.36. The normalized spacial score (nSPS) is 15.1. The molecule has 0 unspecified atom stereocenters. The molecule has 9 nitrogen and oxygen atoms in total. The highest BCUT2D eigenvalue weighted by atomic mass is 32.2. The molecule has 0 aliphatic carbocycles. The van der Waals surface area contributed by atoms with Crippen molar-refractivity contribution in [3.63, 3.8) is 0 Å². The van der Waals surface area contributed by atoms with Crippen molar-refractivity contribution in [2.45, 2.75) is 17.4 Å². The van der Waals surface area contributed by atoms with Gasteiger partial charge in [0.25, 0.3) is 5.91 Å². The number of para-hydroxylation sites is 1. The summed E-state index contributed by atoms with van der Waals surface area (Å²) in [6.45, 7) is 0. The zero-order valence-corrected chi connectivity index (χ0v) is 16.7. The van der Waals surface area contributed by atoms with Crippen LogP contribution in [-0.4, -0.2) is 36.6 Å². The van der Waals surface area contributed by atoms with Crippen molar-refractivity contribution >= 4 is 17.7 Å². The van der Waals surface area contributed by atoms with Gasteiger partial charge in [-0.25, -0.2) is 18.7 Å². The Morgan fingerprint density at radius 3 is 2.90 bits per heavy atom. The van der Waals surface area contributed by atoms with Crippen molar-refractivity contribution in [1.82, 2.24) is 30.2 Å². The Bertz CT molecular complexity index is 1310. The minimum atomic E-state index is -0.622. The number of carbonyl (C=O) groups excluding carboxylic acids is 1. The summed E-state index contributed by atoms with van der Waals surface area (Å²) in [5.41, 5.74) is 1.49. The van der Waals surface area contributed by atoms with E-state index in [0.29, 0.717) is 29.5 Å². The molecule has 2 N–H and O–H groups in total. The van der Waals surface area contributed by atoms with Gasteiger partial charge in [-0.2, -0.15) is 0 Å². The highest BCUT2D eigenvalue weighted by molar-refractivity contribution is 7.99. The zero-order valence-electron chi connectivity index (χ0n) is 15.9. The van der Waals surface area contributed by atoms with Gasteiger partial charge in [0.1, 0.15) is 17.7 Å². The maximum Gasteiger partial charge on any atom is 0.446 e. The van der Waals surface area contributed by atoms with E-state index in [0.717, 1.165) is 10.5 Å². The second-order valence-electron chi connectivity index (χ2n) is 6.86. The first-order valence-corrected chi connectivity index (χ1v) is 10.3. The Labute approximate surface area is 178 Å². The summed E-state index contributed by atoms with van der Waals surface area (Å²) in [5.74, 6) is -0.279. The number of thioether (sulfide) groups is 1. The molecule has 1 amide bonds. The quantitative estimate of drug-likeness (QED) is 0.502. The van der Waals surface area contributed by atoms with Crippen molar-refractivity contribution in [2.24, 2.45) is 0 Å². The number of rotatable bonds is 4. The summed E-state index contributed by atoms with van der Waals surface area (Å²) >= 11 is 1.50. The summed E-state index contributed by atoms with van der Waals surface area (Å²) in [4.78, 5) is 30.1. The van der Waals surface area contributed by atoms with E-state index in [4.69, 9.17) is 4.52 Å². The molecule has 0 bridgehead atoms. The lowest BCUT2D eigenvalue weighted by molar-refractivity contribution is 0.0928. The van der Waals surface area contributed by atoms with Crippen LogP contribution in [0.15, 0.2) is 62.7 Å². The molecule has 0 saturated carbocycles. The molecule has 0 fully saturated rings. The number of amides is 1. The van der Waals surface area contributed by atoms with Crippen molar-refractivity contribution < 1.29 is 13.7 Å². The number of hydrogen-bond donors (Lipinski definition) is 2. The maximum absolute atomic E-state index is 13.1. The van der Waals surface area contributed by atoms with Crippen LogP contribution in [0.5, 0.6) is 0 Å². The molecule has 1 aliphatic rings. The fraction of sp³-hybridized carbons (Fsp3) is 0.150. The van der Waals surface area contributed by atoms with E-state index < -0.39 is 17.7 Å². The highest BCUT2D eigenvalue weighted by Gasteiger charge is 2.29. The van der Waals surface area contributed by atoms with Crippen molar-refractivity contribution in [3.05, 3.63) is 87.9 Å². The van der Waals surface area contributed by atoms with E-state index in [2.05, 4.69) is 25.7 Å². The minimum absolute atomic E-state index is 0.0405. The van der Waals surface area contributed by atoms with Crippen LogP contribution in [0.4, 0.5) is 4.39 Å². The van der Waals surface area contributed by atoms with E-state index in [1.54, 1.807) is 18.2 Å². The summed E-state index contributed by atoms with van der Waals surface area (Å²) < 4.78 is 19.3. The molecule has 31 heavy (non-hydrogen) atoms. The lowest BCUT2D eigenvalue weighted by Gasteiger charge is -2.13. The monoisotopic (exact) mass is 438 g/mol. The van der Waals surface area contributed by atoms with Gasteiger partial charge in [0.15, 0.2) is 5.82 Å². The number of aromatic nitrogens is 5. The second-order valence-corrected chi connectivity index (χ2v) is 7.92. The molecular formula is C20H15FN6O3S. The van der Waals surface area contributed by atoms with Crippen molar-refractivity contribution in [2.75, 3.05) is 5.75 Å². The van der Waals surface area contributed by atoms with Gasteiger partial charge in [-0.05, 0) is 29.8 Å². The summed E-state index contributed by atoms with van der Waals surface area (Å²) in [5, 5.41) is 13.4. The van der Waals surface area contributed by atoms with Gasteiger partial charge in [-0.1, -0.05) is 29.4 Å². The minimum Gasteiger partial charge on any atom is -0.338 e. The Kier molecular flexibility index (Phi) is 4.86. The van der Waals surface area contributed by atoms with Crippen LogP contribution in [0.25, 0.3) is 5.69 Å². The van der Waals surface area contributed by atoms with Crippen LogP contribution in [-0.2, 0) is 6.42 Å². The van der Waals surface area contributed by atoms with E-state index in [1.165, 1.54) is 28.5 Å². The number of benzene rings is 2. The SMILES string of the molecule is O=C(N[C@H]1CSc2ccccc2-n2c1noc2=O)c1n[nH]c(Cc2ccc(F)cc2)n1. The molecule has 1 atom stereocenters. The lowest BCUT2D eigenvalue weighted by atomic mass is 10.1. The van der Waals surface area contributed by atoms with Gasteiger partial charge in [-0.3, -0.25) is 14.4 Å². The van der Waals surface area contributed by atoms with Gasteiger partial charge < -0.3 is 5.32 Å². The largest absolute Gasteiger partial charge is 0.446 e. The van der Waals surface area contributed by atoms with E-state index in [9.17, 15) is 14.0 Å². The zero-order chi connectivity index (χ0) is 21.4. The molecule has 156 valence electrons. The number of halogens is 1. The Morgan fingerprint density at radius 2 is 2.06 bits per heavy atom. The molecule has 0 spiro atoms. The highest BCUT2D eigenvalue weighted by Crippen LogP contribution is 2.33. The second kappa shape index (κ2) is 7.84. The molecule has 0 saturated heterocycles. The molecular weight excluding hydrogens is 423 g/mol. The van der Waals surface area contributed by atoms with Crippen LogP contribution in [0.3, 0.4) is 0 Å². The fourth-order valence-electron chi connectivity index (χ4n) is 3.31. The molecule has 11 heteroatoms. The number of carbonyl (C=O) groups is 1. The molecule has 2 aromatic heterocycles. The van der Waals surface area contributed by atoms with Gasteiger partial charge >= 0.3 is 5.76 Å². The third kappa shape index (κ3) is 3.75. The molecule has 5 rings (SSSR count). The van der Waals surface area contributed by atoms with Gasteiger partial charge in [0.05, 0.1) is 5.69 Å². The fourth-order valence-corrected chi connectivity index (χ4v) is 4.37. The number of fused-ring (bicyclic) bond motifs is 3. The third-order valence-electron chi connectivity index (χ3n) is 4.78. The first-order chi connectivity index (χ1) is 15.1. The molecule has 2 aromatic carbocycles. The predicted octanol–water partition coefficient (Wildman–Crippen LogP) is 2.25. The van der Waals surface area contributed by atoms with Crippen LogP contribution in [0.1, 0.15) is 33.9 Å². The summed E-state index contributed by atoms with van der Waals surface area (Å²) in [6.07, 6.45) is 0.373. The maximum atomic E-state index is 13.1. The van der Waals surface area contributed by atoms with Crippen molar-refractivity contribution in [1.29, 1.82) is 0 Å². The van der Waals surface area contributed by atoms with E-state index in [1.807, 2.05) is 18.2 Å². The standard InChI is InChI=1S/C20H15FN6O3S/c21-12-7-5-11(6-8-12)9-16-23-17(25-24-16)19(28)22-13-10-31-15-4-2-1-3-14(15)27-18(13)26-30-20(27)29/h1-8,13H,9-10H2,(H,22,28)(H,23,24,25)/t13-/m0/s1. The van der Waals surface area contributed by atoms with Gasteiger partial charge in [0.2, 0.25) is 5.82 Å². The summed E-state index contributed by atoms with van der Waals surface area (Å²) in [7, 11) is 0. The average molecular weight is 438 g/mol. The number of nitrogens with one attached hydrogen (secondary N) is 2. The number of aromatic amines is 1. The van der Waals surface area contributed by atoms with Crippen LogP contribution in [0.2, 0.25) is 0 Å². The molecule has 1 aliphatic heterocycles. The summed E-state index contributed by atoms with van der Waals surface area (Å²) in [6, 6.07) is 12.8. The first kappa shape index (κ1) is 19.2. The van der Waals surface area contributed by atoms with Gasteiger partial charge in [-0.15, -0.1) is 16.9 Å². The van der Waals surface area contributed by atoms with Crippen molar-refractivity contribution in [3.8, 4) is 5.69 Å². The molecule has 4 aromatic rings. The van der Waals surface area contributed by atoms with E-state index >= 15 is 0 Å². The van der Waals surface area contributed by atoms with Crippen LogP contribution in [0, 0.1) is 5.82 Å². The predicted molar refractivity (Wildman–Crippen MR) is 109 cm³/mol. The van der Waals surface area contributed by atoms with Crippen LogP contribution >= 0.6 is 11.8 Å². The Hall–Kier alpha value is -3.73. The third-order valence-corrected chi connectivity index (χ3v) is 5.93. The number of hydrogen-bond acceptors (Lipinski definition) is 7. The Balaban J connectivity index is 1.36. The molecule has 3 heterocycles. The number of nitrogens with zero attached hydrogens (tertiary/aromatic N) is 4. The lowest BCUT2D eigenvalue weighted by Crippen LogP contribution is -2.33. The topological polar surface area (TPSA) is 119 Å². The number of H-pyrrole nitrogens is 1. The van der Waals surface area contributed by atoms with Gasteiger partial charge in [0, 0.05) is 17.1 Å².